The Bertz CT molecular complexity index is 1200. The molecular formula is C18H16N6O3S. The van der Waals surface area contributed by atoms with E-state index in [4.69, 9.17) is 4.52 Å². The van der Waals surface area contributed by atoms with Crippen LogP contribution in [0.15, 0.2) is 70.9 Å². The summed E-state index contributed by atoms with van der Waals surface area (Å²) >= 11 is 0. The van der Waals surface area contributed by atoms with Gasteiger partial charge in [0, 0.05) is 31.2 Å². The molecule has 0 aliphatic carbocycles. The lowest BCUT2D eigenvalue weighted by Gasteiger charge is -2.10. The Labute approximate surface area is 161 Å². The Morgan fingerprint density at radius 2 is 1.93 bits per heavy atom. The molecule has 1 N–H and O–H groups in total. The van der Waals surface area contributed by atoms with Gasteiger partial charge in [-0.25, -0.2) is 4.98 Å². The van der Waals surface area contributed by atoms with Crippen molar-refractivity contribution in [2.45, 2.75) is 11.4 Å². The van der Waals surface area contributed by atoms with Gasteiger partial charge >= 0.3 is 0 Å². The molecule has 0 amide bonds. The van der Waals surface area contributed by atoms with Gasteiger partial charge in [-0.3, -0.25) is 9.71 Å². The fourth-order valence-corrected chi connectivity index (χ4v) is 3.69. The Hall–Kier alpha value is -3.53. The van der Waals surface area contributed by atoms with Gasteiger partial charge in [0.25, 0.3) is 10.0 Å². The Morgan fingerprint density at radius 3 is 2.68 bits per heavy atom. The van der Waals surface area contributed by atoms with Crippen LogP contribution in [0.2, 0.25) is 0 Å². The largest absolute Gasteiger partial charge is 0.339 e. The van der Waals surface area contributed by atoms with Crippen LogP contribution in [-0.2, 0) is 23.5 Å². The zero-order valence-electron chi connectivity index (χ0n) is 14.8. The number of sulfonamides is 1. The van der Waals surface area contributed by atoms with Crippen LogP contribution >= 0.6 is 0 Å². The maximum Gasteiger partial charge on any atom is 0.280 e. The second kappa shape index (κ2) is 7.24. The van der Waals surface area contributed by atoms with Crippen molar-refractivity contribution in [2.24, 2.45) is 7.05 Å². The van der Waals surface area contributed by atoms with E-state index in [1.54, 1.807) is 54.3 Å². The number of rotatable bonds is 6. The summed E-state index contributed by atoms with van der Waals surface area (Å²) in [5.41, 5.74) is 1.91. The molecule has 0 aliphatic heterocycles. The highest BCUT2D eigenvalue weighted by molar-refractivity contribution is 7.92. The van der Waals surface area contributed by atoms with Gasteiger partial charge in [0.15, 0.2) is 5.03 Å². The molecule has 0 atom stereocenters. The second-order valence-electron chi connectivity index (χ2n) is 6.06. The molecule has 0 saturated heterocycles. The lowest BCUT2D eigenvalue weighted by molar-refractivity contribution is 0.386. The van der Waals surface area contributed by atoms with Crippen molar-refractivity contribution in [3.63, 3.8) is 0 Å². The number of anilines is 1. The van der Waals surface area contributed by atoms with Gasteiger partial charge < -0.3 is 9.09 Å². The third-order valence-electron chi connectivity index (χ3n) is 3.97. The summed E-state index contributed by atoms with van der Waals surface area (Å²) in [6.45, 7) is 0. The number of hydrogen-bond donors (Lipinski definition) is 1. The normalized spacial score (nSPS) is 11.5. The monoisotopic (exact) mass is 396 g/mol. The van der Waals surface area contributed by atoms with E-state index in [1.165, 1.54) is 12.5 Å². The Balaban J connectivity index is 1.58. The molecule has 3 heterocycles. The molecular weight excluding hydrogens is 380 g/mol. The molecule has 10 heteroatoms. The van der Waals surface area contributed by atoms with Crippen LogP contribution in [0.1, 0.15) is 11.5 Å². The number of benzene rings is 1. The molecule has 9 nitrogen and oxygen atoms in total. The standard InChI is InChI=1S/C18H16N6O3S/c1-24-11-17(20-12-24)28(25,26)23-15-5-3-2-4-14(15)10-16-21-18(22-27-16)13-6-8-19-9-7-13/h2-9,11-12,23H,10H2,1H3. The highest BCUT2D eigenvalue weighted by atomic mass is 32.2. The zero-order valence-corrected chi connectivity index (χ0v) is 15.7. The van der Waals surface area contributed by atoms with E-state index in [0.29, 0.717) is 23.0 Å². The smallest absolute Gasteiger partial charge is 0.280 e. The third kappa shape index (κ3) is 3.76. The highest BCUT2D eigenvalue weighted by Crippen LogP contribution is 2.23. The number of aryl methyl sites for hydroxylation is 1. The summed E-state index contributed by atoms with van der Waals surface area (Å²) in [6, 6.07) is 10.6. The van der Waals surface area contributed by atoms with Gasteiger partial charge in [-0.15, -0.1) is 0 Å². The van der Waals surface area contributed by atoms with Gasteiger partial charge in [0.2, 0.25) is 11.7 Å². The van der Waals surface area contributed by atoms with Crippen molar-refractivity contribution >= 4 is 15.7 Å². The predicted molar refractivity (Wildman–Crippen MR) is 101 cm³/mol. The van der Waals surface area contributed by atoms with Crippen LogP contribution < -0.4 is 4.72 Å². The van der Waals surface area contributed by atoms with Crippen LogP contribution in [0.3, 0.4) is 0 Å². The van der Waals surface area contributed by atoms with Crippen LogP contribution in [0.4, 0.5) is 5.69 Å². The summed E-state index contributed by atoms with van der Waals surface area (Å²) in [5.74, 6) is 0.820. The number of aromatic nitrogens is 5. The van der Waals surface area contributed by atoms with Crippen molar-refractivity contribution < 1.29 is 12.9 Å². The second-order valence-corrected chi connectivity index (χ2v) is 7.69. The first kappa shape index (κ1) is 17.9. The molecule has 0 spiro atoms. The van der Waals surface area contributed by atoms with Gasteiger partial charge in [0.05, 0.1) is 18.4 Å². The summed E-state index contributed by atoms with van der Waals surface area (Å²) in [4.78, 5) is 12.2. The summed E-state index contributed by atoms with van der Waals surface area (Å²) in [5, 5.41) is 3.92. The van der Waals surface area contributed by atoms with E-state index in [2.05, 4.69) is 24.8 Å². The topological polar surface area (TPSA) is 116 Å². The maximum atomic E-state index is 12.6. The summed E-state index contributed by atoms with van der Waals surface area (Å²) in [6.07, 6.45) is 6.43. The minimum atomic E-state index is -3.80. The molecule has 142 valence electrons. The van der Waals surface area contributed by atoms with E-state index in [0.717, 1.165) is 5.56 Å². The van der Waals surface area contributed by atoms with Crippen LogP contribution in [0.25, 0.3) is 11.4 Å². The van der Waals surface area contributed by atoms with E-state index in [9.17, 15) is 8.42 Å². The maximum absolute atomic E-state index is 12.6. The summed E-state index contributed by atoms with van der Waals surface area (Å²) < 4.78 is 34.6. The van der Waals surface area contributed by atoms with Crippen molar-refractivity contribution in [3.8, 4) is 11.4 Å². The average Bonchev–Trinajstić information content (AvgIpc) is 3.33. The molecule has 28 heavy (non-hydrogen) atoms. The number of hydrogen-bond acceptors (Lipinski definition) is 7. The fourth-order valence-electron chi connectivity index (χ4n) is 2.61. The van der Waals surface area contributed by atoms with Crippen LogP contribution in [-0.4, -0.2) is 33.1 Å². The minimum Gasteiger partial charge on any atom is -0.339 e. The zero-order chi connectivity index (χ0) is 19.6. The van der Waals surface area contributed by atoms with E-state index in [-0.39, 0.29) is 11.4 Å². The molecule has 0 radical (unpaired) electrons. The van der Waals surface area contributed by atoms with Gasteiger partial charge in [-0.1, -0.05) is 23.4 Å². The van der Waals surface area contributed by atoms with E-state index in [1.807, 2.05) is 6.07 Å². The van der Waals surface area contributed by atoms with Crippen molar-refractivity contribution in [1.82, 2.24) is 24.7 Å². The van der Waals surface area contributed by atoms with Crippen molar-refractivity contribution in [3.05, 3.63) is 72.8 Å². The molecule has 4 aromatic rings. The van der Waals surface area contributed by atoms with E-state index >= 15 is 0 Å². The van der Waals surface area contributed by atoms with Crippen LogP contribution in [0.5, 0.6) is 0 Å². The Kier molecular flexibility index (Phi) is 4.62. The molecule has 3 aromatic heterocycles. The third-order valence-corrected chi connectivity index (χ3v) is 5.22. The number of pyridine rings is 1. The van der Waals surface area contributed by atoms with Gasteiger partial charge in [-0.2, -0.15) is 13.4 Å². The van der Waals surface area contributed by atoms with Gasteiger partial charge in [-0.05, 0) is 23.8 Å². The van der Waals surface area contributed by atoms with Crippen molar-refractivity contribution in [2.75, 3.05) is 4.72 Å². The van der Waals surface area contributed by atoms with Gasteiger partial charge in [0.1, 0.15) is 0 Å². The minimum absolute atomic E-state index is 0.0532. The number of nitrogens with zero attached hydrogens (tertiary/aromatic N) is 5. The molecule has 1 aromatic carbocycles. The molecule has 4 rings (SSSR count). The molecule has 0 fully saturated rings. The number of imidazole rings is 1. The summed E-state index contributed by atoms with van der Waals surface area (Å²) in [7, 11) is -2.10. The first-order valence-corrected chi connectivity index (χ1v) is 9.81. The van der Waals surface area contributed by atoms with E-state index < -0.39 is 10.0 Å². The molecule has 0 bridgehead atoms. The first-order valence-electron chi connectivity index (χ1n) is 8.33. The van der Waals surface area contributed by atoms with Crippen molar-refractivity contribution in [1.29, 1.82) is 0 Å². The molecule has 0 unspecified atom stereocenters. The predicted octanol–water partition coefficient (Wildman–Crippen LogP) is 2.26. The highest BCUT2D eigenvalue weighted by Gasteiger charge is 2.19. The average molecular weight is 396 g/mol. The SMILES string of the molecule is Cn1cnc(S(=O)(=O)Nc2ccccc2Cc2nc(-c3ccncc3)no2)c1. The Morgan fingerprint density at radius 1 is 1.14 bits per heavy atom. The molecule has 0 saturated carbocycles. The quantitative estimate of drug-likeness (QED) is 0.531. The number of para-hydroxylation sites is 1. The number of nitrogens with one attached hydrogen (secondary N) is 1. The first-order chi connectivity index (χ1) is 13.5. The molecule has 0 aliphatic rings. The lowest BCUT2D eigenvalue weighted by atomic mass is 10.1. The fraction of sp³-hybridized carbons (Fsp3) is 0.111. The lowest BCUT2D eigenvalue weighted by Crippen LogP contribution is -2.14. The van der Waals surface area contributed by atoms with Crippen LogP contribution in [0, 0.1) is 0 Å².